The molecule has 0 atom stereocenters. The van der Waals surface area contributed by atoms with Crippen LogP contribution in [0.5, 0.6) is 0 Å². The summed E-state index contributed by atoms with van der Waals surface area (Å²) in [6.45, 7) is 0. The molecule has 0 radical (unpaired) electrons. The van der Waals surface area contributed by atoms with Crippen LogP contribution in [-0.4, -0.2) is 15.1 Å². The molecule has 0 aliphatic rings. The fraction of sp³-hybridized carbons (Fsp3) is 0. The second kappa shape index (κ2) is 9.02. The first-order valence-electron chi connectivity index (χ1n) is 7.94. The molecule has 136 valence electrons. The normalized spacial score (nSPS) is 10.4. The standard InChI is InChI=1S/C19H15N4.ClO3/c1-4-10-16(11-5-1)19-20-21-23(18-14-8-3-9-15-18)22(19)17-12-6-2-7-13-17;2-1(3)4/h1-15H;/q+1;-1. The van der Waals surface area contributed by atoms with Crippen molar-refractivity contribution in [3.05, 3.63) is 91.0 Å². The molecule has 0 bridgehead atoms. The molecule has 0 unspecified atom stereocenters. The predicted octanol–water partition coefficient (Wildman–Crippen LogP) is -0.356. The monoisotopic (exact) mass is 382 g/mol. The number of benzene rings is 3. The SMILES string of the molecule is [O-][Cl+2]([O-])[O-].c1ccc(-c2nnn(-c3ccccc3)[n+]2-c2ccccc2)cc1. The highest BCUT2D eigenvalue weighted by molar-refractivity contribution is 5.51. The van der Waals surface area contributed by atoms with Crippen molar-refractivity contribution < 1.29 is 29.4 Å². The van der Waals surface area contributed by atoms with Gasteiger partial charge >= 0.3 is 5.82 Å². The number of hydrogen-bond donors (Lipinski definition) is 0. The van der Waals surface area contributed by atoms with Gasteiger partial charge in [0.05, 0.1) is 16.3 Å². The summed E-state index contributed by atoms with van der Waals surface area (Å²) in [5, 5.41) is 8.78. The molecule has 8 heteroatoms. The zero-order valence-electron chi connectivity index (χ0n) is 14.1. The minimum absolute atomic E-state index is 0.806. The number of para-hydroxylation sites is 2. The van der Waals surface area contributed by atoms with Gasteiger partial charge in [-0.15, -0.1) is 4.68 Å². The Morgan fingerprint density at radius 1 is 0.704 bits per heavy atom. The highest BCUT2D eigenvalue weighted by atomic mass is 35.6. The van der Waals surface area contributed by atoms with Crippen LogP contribution in [0.4, 0.5) is 0 Å². The molecular formula is C19H15ClN4O3. The fourth-order valence-corrected chi connectivity index (χ4v) is 2.55. The Morgan fingerprint density at radius 3 is 1.74 bits per heavy atom. The van der Waals surface area contributed by atoms with Crippen molar-refractivity contribution in [2.24, 2.45) is 0 Å². The van der Waals surface area contributed by atoms with Crippen LogP contribution in [0.3, 0.4) is 0 Å². The molecule has 0 fully saturated rings. The number of aromatic nitrogens is 4. The quantitative estimate of drug-likeness (QED) is 0.450. The summed E-state index contributed by atoms with van der Waals surface area (Å²) >= 11 is 0. The Balaban J connectivity index is 0.000000481. The van der Waals surface area contributed by atoms with Gasteiger partial charge in [0, 0.05) is 0 Å². The number of hydrogen-bond acceptors (Lipinski definition) is 5. The van der Waals surface area contributed by atoms with Gasteiger partial charge in [-0.2, -0.15) is 0 Å². The van der Waals surface area contributed by atoms with Crippen molar-refractivity contribution in [3.8, 4) is 22.8 Å². The van der Waals surface area contributed by atoms with Crippen LogP contribution < -0.4 is 18.7 Å². The Labute approximate surface area is 158 Å². The molecule has 0 spiro atoms. The maximum absolute atomic E-state index is 8.41. The maximum Gasteiger partial charge on any atom is 0.337 e. The lowest BCUT2D eigenvalue weighted by Gasteiger charge is -2.04. The number of halogens is 1. The van der Waals surface area contributed by atoms with Crippen molar-refractivity contribution in [2.45, 2.75) is 0 Å². The molecule has 0 aliphatic heterocycles. The smallest absolute Gasteiger partial charge is 0.337 e. The van der Waals surface area contributed by atoms with Gasteiger partial charge in [-0.3, -0.25) is 0 Å². The average Bonchev–Trinajstić information content (AvgIpc) is 3.15. The van der Waals surface area contributed by atoms with E-state index < -0.39 is 10.8 Å². The largest absolute Gasteiger partial charge is 0.357 e. The highest BCUT2D eigenvalue weighted by Crippen LogP contribution is 2.15. The Hall–Kier alpha value is -3.10. The molecule has 0 saturated heterocycles. The molecule has 1 heterocycles. The second-order valence-electron chi connectivity index (χ2n) is 5.34. The summed E-state index contributed by atoms with van der Waals surface area (Å²) in [7, 11) is -2.85. The summed E-state index contributed by atoms with van der Waals surface area (Å²) in [5.41, 5.74) is 3.00. The van der Waals surface area contributed by atoms with Crippen LogP contribution in [-0.2, 0) is 0 Å². The van der Waals surface area contributed by atoms with Crippen LogP contribution in [0.15, 0.2) is 91.0 Å². The van der Waals surface area contributed by atoms with E-state index in [1.165, 1.54) is 0 Å². The minimum Gasteiger partial charge on any atom is -0.357 e. The van der Waals surface area contributed by atoms with E-state index in [0.717, 1.165) is 22.8 Å². The molecule has 0 aliphatic carbocycles. The Kier molecular flexibility index (Phi) is 6.24. The van der Waals surface area contributed by atoms with Crippen molar-refractivity contribution >= 4 is 0 Å². The number of nitrogens with zero attached hydrogens (tertiary/aromatic N) is 4. The first kappa shape index (κ1) is 18.7. The van der Waals surface area contributed by atoms with Crippen LogP contribution >= 0.6 is 0 Å². The van der Waals surface area contributed by atoms with E-state index in [1.54, 1.807) is 0 Å². The lowest BCUT2D eigenvalue weighted by atomic mass is 10.2. The van der Waals surface area contributed by atoms with E-state index in [9.17, 15) is 0 Å². The van der Waals surface area contributed by atoms with Gasteiger partial charge in [0.1, 0.15) is 16.5 Å². The van der Waals surface area contributed by atoms with Crippen molar-refractivity contribution in [1.82, 2.24) is 15.1 Å². The minimum atomic E-state index is -2.85. The molecule has 4 rings (SSSR count). The zero-order valence-corrected chi connectivity index (χ0v) is 14.8. The molecule has 7 nitrogen and oxygen atoms in total. The van der Waals surface area contributed by atoms with Crippen LogP contribution in [0.1, 0.15) is 0 Å². The van der Waals surface area contributed by atoms with E-state index in [2.05, 4.69) is 22.4 Å². The van der Waals surface area contributed by atoms with Crippen molar-refractivity contribution in [1.29, 1.82) is 0 Å². The molecular weight excluding hydrogens is 368 g/mol. The van der Waals surface area contributed by atoms with Gasteiger partial charge < -0.3 is 14.0 Å². The number of tetrazole rings is 1. The fourth-order valence-electron chi connectivity index (χ4n) is 2.55. The molecule has 0 saturated carbocycles. The van der Waals surface area contributed by atoms with Gasteiger partial charge in [-0.05, 0) is 41.2 Å². The molecule has 27 heavy (non-hydrogen) atoms. The van der Waals surface area contributed by atoms with E-state index in [1.807, 2.05) is 88.3 Å². The zero-order chi connectivity index (χ0) is 19.1. The summed E-state index contributed by atoms with van der Waals surface area (Å²) in [6.07, 6.45) is 0. The van der Waals surface area contributed by atoms with Crippen LogP contribution in [0.25, 0.3) is 22.8 Å². The number of rotatable bonds is 3. The lowest BCUT2D eigenvalue weighted by molar-refractivity contribution is -1.73. The summed E-state index contributed by atoms with van der Waals surface area (Å²) in [6, 6.07) is 30.2. The third-order valence-electron chi connectivity index (χ3n) is 3.63. The van der Waals surface area contributed by atoms with Crippen LogP contribution in [0, 0.1) is 10.8 Å². The third-order valence-corrected chi connectivity index (χ3v) is 3.63. The first-order chi connectivity index (χ1) is 13.2. The molecule has 3 aromatic carbocycles. The van der Waals surface area contributed by atoms with Crippen molar-refractivity contribution in [3.63, 3.8) is 0 Å². The predicted molar refractivity (Wildman–Crippen MR) is 88.3 cm³/mol. The average molecular weight is 383 g/mol. The van der Waals surface area contributed by atoms with E-state index in [4.69, 9.17) is 14.0 Å². The summed E-state index contributed by atoms with van der Waals surface area (Å²) in [5.74, 6) is 0.806. The Morgan fingerprint density at radius 2 is 1.19 bits per heavy atom. The molecule has 4 aromatic rings. The van der Waals surface area contributed by atoms with Crippen LogP contribution in [0.2, 0.25) is 0 Å². The molecule has 1 aromatic heterocycles. The highest BCUT2D eigenvalue weighted by Gasteiger charge is 2.24. The van der Waals surface area contributed by atoms with E-state index in [-0.39, 0.29) is 0 Å². The lowest BCUT2D eigenvalue weighted by Crippen LogP contribution is -2.42. The van der Waals surface area contributed by atoms with Gasteiger partial charge in [-0.1, -0.05) is 54.6 Å². The summed E-state index contributed by atoms with van der Waals surface area (Å²) < 4.78 is 27.2. The van der Waals surface area contributed by atoms with Gasteiger partial charge in [-0.25, -0.2) is 0 Å². The first-order valence-corrected chi connectivity index (χ1v) is 8.87. The van der Waals surface area contributed by atoms with Gasteiger partial charge in [0.15, 0.2) is 5.21 Å². The van der Waals surface area contributed by atoms with E-state index >= 15 is 0 Å². The second-order valence-corrected chi connectivity index (χ2v) is 5.72. The molecule has 0 amide bonds. The topological polar surface area (TPSA) is 104 Å². The summed E-state index contributed by atoms with van der Waals surface area (Å²) in [4.78, 5) is 1.82. The molecule has 0 N–H and O–H groups in total. The Bertz CT molecular complexity index is 904. The van der Waals surface area contributed by atoms with E-state index in [0.29, 0.717) is 0 Å². The van der Waals surface area contributed by atoms with Gasteiger partial charge in [0.2, 0.25) is 0 Å². The van der Waals surface area contributed by atoms with Crippen molar-refractivity contribution in [2.75, 3.05) is 0 Å². The van der Waals surface area contributed by atoms with Gasteiger partial charge in [0.25, 0.3) is 0 Å². The third kappa shape index (κ3) is 4.75. The maximum atomic E-state index is 8.41.